The summed E-state index contributed by atoms with van der Waals surface area (Å²) in [6.07, 6.45) is 1.49. The Morgan fingerprint density at radius 2 is 2.19 bits per heavy atom. The highest BCUT2D eigenvalue weighted by atomic mass is 16.6. The average Bonchev–Trinajstić information content (AvgIpc) is 2.31. The molecular weight excluding hydrogens is 210 g/mol. The van der Waals surface area contributed by atoms with E-state index in [1.807, 2.05) is 13.8 Å². The van der Waals surface area contributed by atoms with Crippen molar-refractivity contribution >= 4 is 12.4 Å². The number of amides is 1. The van der Waals surface area contributed by atoms with Gasteiger partial charge in [-0.3, -0.25) is 4.79 Å². The van der Waals surface area contributed by atoms with Crippen LogP contribution in [-0.4, -0.2) is 37.0 Å². The van der Waals surface area contributed by atoms with Crippen LogP contribution in [0.4, 0.5) is 4.79 Å². The van der Waals surface area contributed by atoms with Gasteiger partial charge in [0.1, 0.15) is 0 Å². The zero-order valence-corrected chi connectivity index (χ0v) is 9.69. The number of ether oxygens (including phenoxy) is 2. The molecule has 1 amide bonds. The van der Waals surface area contributed by atoms with Crippen molar-refractivity contribution in [3.05, 3.63) is 11.5 Å². The van der Waals surface area contributed by atoms with Gasteiger partial charge in [0.15, 0.2) is 17.8 Å². The van der Waals surface area contributed by atoms with Crippen LogP contribution in [0.25, 0.3) is 0 Å². The third kappa shape index (κ3) is 2.98. The van der Waals surface area contributed by atoms with Crippen LogP contribution in [0, 0.1) is 0 Å². The van der Waals surface area contributed by atoms with Crippen molar-refractivity contribution in [2.45, 2.75) is 26.7 Å². The lowest BCUT2D eigenvalue weighted by Crippen LogP contribution is -2.31. The first kappa shape index (κ1) is 12.5. The van der Waals surface area contributed by atoms with Crippen LogP contribution in [0.2, 0.25) is 0 Å². The number of carbonyl (C=O) groups is 2. The zero-order chi connectivity index (χ0) is 12.0. The van der Waals surface area contributed by atoms with Crippen molar-refractivity contribution in [3.8, 4) is 0 Å². The average molecular weight is 227 g/mol. The predicted octanol–water partition coefficient (Wildman–Crippen LogP) is 1.69. The fraction of sp³-hybridized carbons (Fsp3) is 0.636. The third-order valence-electron chi connectivity index (χ3n) is 2.42. The standard InChI is InChI=1S/C11H17NO4/c1-3-12(4-2)11(14)16-9-6-5-7-15-10(9)8-13/h8H,3-7H2,1-2H3. The number of hydrogen-bond donors (Lipinski definition) is 0. The molecule has 0 aliphatic carbocycles. The maximum atomic E-state index is 11.6. The van der Waals surface area contributed by atoms with Gasteiger partial charge in [0, 0.05) is 19.5 Å². The van der Waals surface area contributed by atoms with Crippen molar-refractivity contribution in [3.63, 3.8) is 0 Å². The lowest BCUT2D eigenvalue weighted by atomic mass is 10.2. The van der Waals surface area contributed by atoms with Gasteiger partial charge >= 0.3 is 6.09 Å². The van der Waals surface area contributed by atoms with Crippen molar-refractivity contribution in [2.75, 3.05) is 19.7 Å². The van der Waals surface area contributed by atoms with Gasteiger partial charge in [0.2, 0.25) is 0 Å². The second-order valence-electron chi connectivity index (χ2n) is 3.40. The van der Waals surface area contributed by atoms with Gasteiger partial charge in [-0.2, -0.15) is 0 Å². The molecule has 0 aromatic carbocycles. The van der Waals surface area contributed by atoms with Gasteiger partial charge in [-0.25, -0.2) is 4.79 Å². The zero-order valence-electron chi connectivity index (χ0n) is 9.69. The minimum Gasteiger partial charge on any atom is -0.487 e. The summed E-state index contributed by atoms with van der Waals surface area (Å²) in [5.41, 5.74) is 0. The van der Waals surface area contributed by atoms with Crippen LogP contribution < -0.4 is 0 Å². The van der Waals surface area contributed by atoms with Gasteiger partial charge in [0.25, 0.3) is 0 Å². The summed E-state index contributed by atoms with van der Waals surface area (Å²) < 4.78 is 10.3. The van der Waals surface area contributed by atoms with Crippen LogP contribution >= 0.6 is 0 Å². The molecule has 0 bridgehead atoms. The van der Waals surface area contributed by atoms with Crippen LogP contribution in [0.3, 0.4) is 0 Å². The molecule has 0 N–H and O–H groups in total. The molecule has 16 heavy (non-hydrogen) atoms. The molecule has 0 radical (unpaired) electrons. The van der Waals surface area contributed by atoms with Gasteiger partial charge < -0.3 is 14.4 Å². The smallest absolute Gasteiger partial charge is 0.415 e. The molecule has 5 heteroatoms. The Labute approximate surface area is 95.0 Å². The summed E-state index contributed by atoms with van der Waals surface area (Å²) in [4.78, 5) is 23.9. The molecule has 0 atom stereocenters. The van der Waals surface area contributed by atoms with E-state index in [2.05, 4.69) is 0 Å². The summed E-state index contributed by atoms with van der Waals surface area (Å²) in [5, 5.41) is 0. The van der Waals surface area contributed by atoms with Crippen LogP contribution in [0.5, 0.6) is 0 Å². The molecule has 0 saturated heterocycles. The summed E-state index contributed by atoms with van der Waals surface area (Å²) in [6.45, 7) is 5.41. The van der Waals surface area contributed by atoms with Crippen molar-refractivity contribution in [1.29, 1.82) is 0 Å². The second kappa shape index (κ2) is 6.15. The molecule has 1 heterocycles. The number of carbonyl (C=O) groups excluding carboxylic acids is 2. The highest BCUT2D eigenvalue weighted by Gasteiger charge is 2.20. The molecule has 0 aromatic rings. The van der Waals surface area contributed by atoms with Gasteiger partial charge in [-0.15, -0.1) is 0 Å². The van der Waals surface area contributed by atoms with Gasteiger partial charge in [0.05, 0.1) is 6.61 Å². The SMILES string of the molecule is CCN(CC)C(=O)OC1=C(C=O)OCCC1. The Balaban J connectivity index is 2.67. The summed E-state index contributed by atoms with van der Waals surface area (Å²) in [7, 11) is 0. The molecule has 5 nitrogen and oxygen atoms in total. The number of nitrogens with zero attached hydrogens (tertiary/aromatic N) is 1. The molecule has 1 aliphatic heterocycles. The maximum absolute atomic E-state index is 11.6. The second-order valence-corrected chi connectivity index (χ2v) is 3.40. The number of rotatable bonds is 4. The largest absolute Gasteiger partial charge is 0.487 e. The molecule has 0 unspecified atom stereocenters. The van der Waals surface area contributed by atoms with Crippen molar-refractivity contribution in [2.24, 2.45) is 0 Å². The van der Waals surface area contributed by atoms with Crippen molar-refractivity contribution < 1.29 is 19.1 Å². The van der Waals surface area contributed by atoms with Crippen LogP contribution in [0.1, 0.15) is 26.7 Å². The van der Waals surface area contributed by atoms with E-state index in [1.165, 1.54) is 0 Å². The van der Waals surface area contributed by atoms with Crippen LogP contribution in [-0.2, 0) is 14.3 Å². The monoisotopic (exact) mass is 227 g/mol. The highest BCUT2D eigenvalue weighted by Crippen LogP contribution is 2.19. The van der Waals surface area contributed by atoms with E-state index < -0.39 is 6.09 Å². The first-order chi connectivity index (χ1) is 7.72. The maximum Gasteiger partial charge on any atom is 0.415 e. The first-order valence-corrected chi connectivity index (χ1v) is 5.50. The summed E-state index contributed by atoms with van der Waals surface area (Å²) in [5.74, 6) is 0.491. The molecule has 1 rings (SSSR count). The lowest BCUT2D eigenvalue weighted by molar-refractivity contribution is -0.108. The lowest BCUT2D eigenvalue weighted by Gasteiger charge is -2.22. The summed E-state index contributed by atoms with van der Waals surface area (Å²) in [6, 6.07) is 0. The fourth-order valence-corrected chi connectivity index (χ4v) is 1.47. The number of aldehydes is 1. The van der Waals surface area contributed by atoms with Gasteiger partial charge in [-0.05, 0) is 20.3 Å². The number of allylic oxidation sites excluding steroid dienone is 2. The summed E-state index contributed by atoms with van der Waals surface area (Å²) >= 11 is 0. The van der Waals surface area contributed by atoms with E-state index in [0.29, 0.717) is 38.2 Å². The predicted molar refractivity (Wildman–Crippen MR) is 57.7 cm³/mol. The topological polar surface area (TPSA) is 55.8 Å². The Kier molecular flexibility index (Phi) is 4.82. The minimum absolute atomic E-state index is 0.145. The highest BCUT2D eigenvalue weighted by molar-refractivity contribution is 5.74. The quantitative estimate of drug-likeness (QED) is 0.686. The molecule has 90 valence electrons. The molecule has 1 aliphatic rings. The van der Waals surface area contributed by atoms with Crippen LogP contribution in [0.15, 0.2) is 11.5 Å². The fourth-order valence-electron chi connectivity index (χ4n) is 1.47. The minimum atomic E-state index is -0.426. The van der Waals surface area contributed by atoms with E-state index in [4.69, 9.17) is 9.47 Å². The van der Waals surface area contributed by atoms with Crippen molar-refractivity contribution in [1.82, 2.24) is 4.90 Å². The molecule has 0 saturated carbocycles. The normalized spacial score (nSPS) is 15.4. The molecular formula is C11H17NO4. The molecule has 0 spiro atoms. The van der Waals surface area contributed by atoms with E-state index in [1.54, 1.807) is 4.90 Å². The van der Waals surface area contributed by atoms with E-state index in [-0.39, 0.29) is 5.76 Å². The molecule has 0 fully saturated rings. The van der Waals surface area contributed by atoms with E-state index in [0.717, 1.165) is 6.42 Å². The Morgan fingerprint density at radius 3 is 2.75 bits per heavy atom. The van der Waals surface area contributed by atoms with E-state index >= 15 is 0 Å². The van der Waals surface area contributed by atoms with E-state index in [9.17, 15) is 9.59 Å². The third-order valence-corrected chi connectivity index (χ3v) is 2.42. The Bertz CT molecular complexity index is 294. The Morgan fingerprint density at radius 1 is 1.50 bits per heavy atom. The van der Waals surface area contributed by atoms with Gasteiger partial charge in [-0.1, -0.05) is 0 Å². The number of hydrogen-bond acceptors (Lipinski definition) is 4. The Hall–Kier alpha value is -1.52. The first-order valence-electron chi connectivity index (χ1n) is 5.50. The molecule has 0 aromatic heterocycles.